The maximum atomic E-state index is 11.6. The smallest absolute Gasteiger partial charge is 0.178 e. The van der Waals surface area contributed by atoms with Gasteiger partial charge in [-0.2, -0.15) is 0 Å². The van der Waals surface area contributed by atoms with Crippen molar-refractivity contribution in [3.63, 3.8) is 0 Å². The van der Waals surface area contributed by atoms with Crippen LogP contribution in [0.3, 0.4) is 0 Å². The Morgan fingerprint density at radius 1 is 1.50 bits per heavy atom. The predicted molar refractivity (Wildman–Crippen MR) is 60.0 cm³/mol. The van der Waals surface area contributed by atoms with E-state index in [9.17, 15) is 8.42 Å². The highest BCUT2D eigenvalue weighted by Crippen LogP contribution is 2.26. The predicted octanol–water partition coefficient (Wildman–Crippen LogP) is 0.347. The molecule has 1 N–H and O–H groups in total. The van der Waals surface area contributed by atoms with Crippen molar-refractivity contribution in [1.82, 2.24) is 15.3 Å². The highest BCUT2D eigenvalue weighted by molar-refractivity contribution is 7.90. The van der Waals surface area contributed by atoms with E-state index in [0.717, 1.165) is 25.9 Å². The van der Waals surface area contributed by atoms with Crippen molar-refractivity contribution in [2.24, 2.45) is 0 Å². The second-order valence-electron chi connectivity index (χ2n) is 4.09. The van der Waals surface area contributed by atoms with Crippen molar-refractivity contribution in [3.8, 4) is 0 Å². The fraction of sp³-hybridized carbons (Fsp3) is 0.600. The van der Waals surface area contributed by atoms with Crippen LogP contribution in [-0.2, 0) is 9.84 Å². The van der Waals surface area contributed by atoms with Crippen molar-refractivity contribution in [2.75, 3.05) is 19.3 Å². The van der Waals surface area contributed by atoms with E-state index in [4.69, 9.17) is 0 Å². The summed E-state index contributed by atoms with van der Waals surface area (Å²) in [5.41, 5.74) is 0.657. The Morgan fingerprint density at radius 2 is 2.31 bits per heavy atom. The zero-order valence-electron chi connectivity index (χ0n) is 9.18. The lowest BCUT2D eigenvalue weighted by atomic mass is 9.96. The first-order valence-electron chi connectivity index (χ1n) is 5.29. The van der Waals surface area contributed by atoms with Crippen LogP contribution in [0.1, 0.15) is 24.5 Å². The molecule has 88 valence electrons. The van der Waals surface area contributed by atoms with E-state index in [0.29, 0.717) is 5.69 Å². The van der Waals surface area contributed by atoms with Crippen LogP contribution in [0, 0.1) is 0 Å². The van der Waals surface area contributed by atoms with Crippen molar-refractivity contribution in [1.29, 1.82) is 0 Å². The Balaban J connectivity index is 2.40. The molecule has 1 aliphatic rings. The summed E-state index contributed by atoms with van der Waals surface area (Å²) < 4.78 is 23.2. The molecule has 2 heterocycles. The van der Waals surface area contributed by atoms with Gasteiger partial charge >= 0.3 is 0 Å². The quantitative estimate of drug-likeness (QED) is 0.808. The molecule has 16 heavy (non-hydrogen) atoms. The van der Waals surface area contributed by atoms with Crippen LogP contribution in [0.15, 0.2) is 17.4 Å². The summed E-state index contributed by atoms with van der Waals surface area (Å²) in [4.78, 5) is 8.20. The molecule has 0 bridgehead atoms. The maximum Gasteiger partial charge on any atom is 0.178 e. The van der Waals surface area contributed by atoms with Gasteiger partial charge in [0.15, 0.2) is 9.84 Å². The van der Waals surface area contributed by atoms with Gasteiger partial charge in [-0.25, -0.2) is 18.4 Å². The summed E-state index contributed by atoms with van der Waals surface area (Å²) in [5.74, 6) is 0.182. The van der Waals surface area contributed by atoms with Crippen molar-refractivity contribution >= 4 is 9.84 Å². The highest BCUT2D eigenvalue weighted by atomic mass is 32.2. The van der Waals surface area contributed by atoms with Crippen LogP contribution in [-0.4, -0.2) is 37.7 Å². The van der Waals surface area contributed by atoms with Gasteiger partial charge in [0.1, 0.15) is 11.2 Å². The van der Waals surface area contributed by atoms with E-state index in [1.165, 1.54) is 18.8 Å². The Kier molecular flexibility index (Phi) is 3.20. The van der Waals surface area contributed by atoms with Crippen LogP contribution < -0.4 is 5.32 Å². The van der Waals surface area contributed by atoms with Crippen LogP contribution in [0.25, 0.3) is 0 Å². The van der Waals surface area contributed by atoms with Crippen molar-refractivity contribution in [2.45, 2.75) is 23.7 Å². The number of hydrogen-bond donors (Lipinski definition) is 1. The van der Waals surface area contributed by atoms with Gasteiger partial charge in [-0.05, 0) is 19.4 Å². The van der Waals surface area contributed by atoms with Gasteiger partial charge in [-0.1, -0.05) is 0 Å². The summed E-state index contributed by atoms with van der Waals surface area (Å²) in [6.45, 7) is 1.79. The van der Waals surface area contributed by atoms with Gasteiger partial charge in [-0.15, -0.1) is 0 Å². The molecule has 5 nitrogen and oxygen atoms in total. The minimum absolute atomic E-state index is 0.182. The van der Waals surface area contributed by atoms with Gasteiger partial charge in [0, 0.05) is 24.9 Å². The number of hydrogen-bond acceptors (Lipinski definition) is 5. The Bertz CT molecular complexity index is 467. The lowest BCUT2D eigenvalue weighted by molar-refractivity contribution is 0.448. The average molecular weight is 241 g/mol. The normalized spacial score (nSPS) is 21.9. The fourth-order valence-electron chi connectivity index (χ4n) is 2.00. The van der Waals surface area contributed by atoms with Crippen molar-refractivity contribution in [3.05, 3.63) is 18.2 Å². The summed E-state index contributed by atoms with van der Waals surface area (Å²) in [6.07, 6.45) is 6.04. The maximum absolute atomic E-state index is 11.6. The topological polar surface area (TPSA) is 72.0 Å². The fourth-order valence-corrected chi connectivity index (χ4v) is 2.86. The molecular weight excluding hydrogens is 226 g/mol. The average Bonchev–Trinajstić information content (AvgIpc) is 2.29. The molecule has 1 aromatic heterocycles. The van der Waals surface area contributed by atoms with Gasteiger partial charge in [-0.3, -0.25) is 0 Å². The number of piperidine rings is 1. The molecule has 0 aliphatic carbocycles. The first-order chi connectivity index (χ1) is 7.59. The zero-order valence-corrected chi connectivity index (χ0v) is 10.00. The van der Waals surface area contributed by atoms with Gasteiger partial charge in [0.25, 0.3) is 0 Å². The molecular formula is C10H15N3O2S. The number of aromatic nitrogens is 2. The summed E-state index contributed by atoms with van der Waals surface area (Å²) in [5, 5.41) is 3.26. The number of nitrogens with one attached hydrogen (secondary N) is 1. The van der Waals surface area contributed by atoms with Crippen molar-refractivity contribution < 1.29 is 8.42 Å². The monoisotopic (exact) mass is 241 g/mol. The first kappa shape index (κ1) is 11.5. The largest absolute Gasteiger partial charge is 0.316 e. The van der Waals surface area contributed by atoms with E-state index < -0.39 is 9.84 Å². The summed E-state index contributed by atoms with van der Waals surface area (Å²) >= 11 is 0. The van der Waals surface area contributed by atoms with Gasteiger partial charge in [0.05, 0.1) is 5.69 Å². The summed E-state index contributed by atoms with van der Waals surface area (Å²) in [7, 11) is -3.24. The third-order valence-corrected chi connectivity index (χ3v) is 3.90. The SMILES string of the molecule is CS(=O)(=O)c1cncnc1[C@H]1CCCNC1. The number of rotatable bonds is 2. The van der Waals surface area contributed by atoms with E-state index in [2.05, 4.69) is 15.3 Å². The summed E-state index contributed by atoms with van der Waals surface area (Å²) in [6, 6.07) is 0. The van der Waals surface area contributed by atoms with E-state index in [-0.39, 0.29) is 10.8 Å². The molecule has 2 rings (SSSR count). The standard InChI is InChI=1S/C10H15N3O2S/c1-16(14,15)9-6-12-7-13-10(9)8-3-2-4-11-5-8/h6-8,11H,2-5H2,1H3/t8-/m0/s1. The van der Waals surface area contributed by atoms with Gasteiger partial charge < -0.3 is 5.32 Å². The van der Waals surface area contributed by atoms with E-state index in [1.54, 1.807) is 0 Å². The molecule has 0 spiro atoms. The molecule has 1 saturated heterocycles. The second kappa shape index (κ2) is 4.47. The minimum atomic E-state index is -3.24. The molecule has 1 fully saturated rings. The molecule has 0 aromatic carbocycles. The lowest BCUT2D eigenvalue weighted by Gasteiger charge is -2.23. The molecule has 0 amide bonds. The third kappa shape index (κ3) is 2.38. The van der Waals surface area contributed by atoms with E-state index >= 15 is 0 Å². The van der Waals surface area contributed by atoms with Crippen LogP contribution in [0.5, 0.6) is 0 Å². The van der Waals surface area contributed by atoms with E-state index in [1.807, 2.05) is 0 Å². The molecule has 0 radical (unpaired) electrons. The molecule has 0 unspecified atom stereocenters. The van der Waals surface area contributed by atoms with Crippen LogP contribution >= 0.6 is 0 Å². The highest BCUT2D eigenvalue weighted by Gasteiger charge is 2.23. The Hall–Kier alpha value is -1.01. The Morgan fingerprint density at radius 3 is 2.94 bits per heavy atom. The molecule has 1 aromatic rings. The zero-order chi connectivity index (χ0) is 11.6. The third-order valence-electron chi connectivity index (χ3n) is 2.79. The van der Waals surface area contributed by atoms with Crippen LogP contribution in [0.2, 0.25) is 0 Å². The number of sulfone groups is 1. The molecule has 1 atom stereocenters. The number of nitrogens with zero attached hydrogens (tertiary/aromatic N) is 2. The molecule has 1 aliphatic heterocycles. The van der Waals surface area contributed by atoms with Crippen LogP contribution in [0.4, 0.5) is 0 Å². The minimum Gasteiger partial charge on any atom is -0.316 e. The molecule has 0 saturated carbocycles. The molecule has 6 heteroatoms. The second-order valence-corrected chi connectivity index (χ2v) is 6.07. The first-order valence-corrected chi connectivity index (χ1v) is 7.19. The Labute approximate surface area is 95.2 Å². The van der Waals surface area contributed by atoms with Gasteiger partial charge in [0.2, 0.25) is 0 Å². The lowest BCUT2D eigenvalue weighted by Crippen LogP contribution is -2.29.